The second kappa shape index (κ2) is 6.03. The average molecular weight is 276 g/mol. The van der Waals surface area contributed by atoms with Gasteiger partial charge in [-0.3, -0.25) is 0 Å². The van der Waals surface area contributed by atoms with Crippen LogP contribution in [0.4, 0.5) is 4.39 Å². The molecular formula is C13H16Cl2FN. The summed E-state index contributed by atoms with van der Waals surface area (Å²) >= 11 is 11.6. The summed E-state index contributed by atoms with van der Waals surface area (Å²) in [7, 11) is 0. The van der Waals surface area contributed by atoms with Crippen LogP contribution in [0.1, 0.15) is 24.8 Å². The molecule has 1 aliphatic carbocycles. The highest BCUT2D eigenvalue weighted by Crippen LogP contribution is 2.27. The molecule has 0 bridgehead atoms. The normalized spacial score (nSPS) is 24.2. The number of halogens is 3. The zero-order valence-corrected chi connectivity index (χ0v) is 11.1. The molecule has 2 rings (SSSR count). The van der Waals surface area contributed by atoms with E-state index in [1.165, 1.54) is 12.8 Å². The van der Waals surface area contributed by atoms with Gasteiger partial charge in [-0.2, -0.15) is 0 Å². The van der Waals surface area contributed by atoms with Gasteiger partial charge in [0.15, 0.2) is 0 Å². The maximum absolute atomic E-state index is 13.7. The molecule has 17 heavy (non-hydrogen) atoms. The maximum Gasteiger partial charge on any atom is 0.146 e. The third-order valence-corrected chi connectivity index (χ3v) is 4.13. The molecule has 1 saturated carbocycles. The Morgan fingerprint density at radius 3 is 2.94 bits per heavy atom. The Balaban J connectivity index is 1.95. The molecule has 0 aromatic heterocycles. The largest absolute Gasteiger partial charge is 0.309 e. The molecule has 1 aliphatic rings. The molecule has 1 aromatic carbocycles. The van der Waals surface area contributed by atoms with Crippen molar-refractivity contribution in [3.05, 3.63) is 34.6 Å². The van der Waals surface area contributed by atoms with Crippen LogP contribution in [0.25, 0.3) is 0 Å². The third-order valence-electron chi connectivity index (χ3n) is 3.44. The molecule has 0 amide bonds. The SMILES string of the molecule is Fc1c(Cl)cccc1CNC1CCCC1CCl. The van der Waals surface area contributed by atoms with E-state index in [1.54, 1.807) is 18.2 Å². The molecule has 0 spiro atoms. The van der Waals surface area contributed by atoms with E-state index >= 15 is 0 Å². The summed E-state index contributed by atoms with van der Waals surface area (Å²) < 4.78 is 13.7. The van der Waals surface area contributed by atoms with Crippen LogP contribution in [-0.2, 0) is 6.54 Å². The highest BCUT2D eigenvalue weighted by molar-refractivity contribution is 6.30. The predicted octanol–water partition coefficient (Wildman–Crippen LogP) is 3.98. The topological polar surface area (TPSA) is 12.0 Å². The first-order valence-electron chi connectivity index (χ1n) is 5.94. The molecule has 1 aromatic rings. The summed E-state index contributed by atoms with van der Waals surface area (Å²) in [6, 6.07) is 5.51. The smallest absolute Gasteiger partial charge is 0.146 e. The second-order valence-corrected chi connectivity index (χ2v) is 5.26. The number of benzene rings is 1. The van der Waals surface area contributed by atoms with Crippen molar-refractivity contribution in [1.82, 2.24) is 5.32 Å². The van der Waals surface area contributed by atoms with Crippen molar-refractivity contribution >= 4 is 23.2 Å². The van der Waals surface area contributed by atoms with E-state index in [-0.39, 0.29) is 10.8 Å². The van der Waals surface area contributed by atoms with Gasteiger partial charge in [-0.15, -0.1) is 11.6 Å². The van der Waals surface area contributed by atoms with Gasteiger partial charge in [0, 0.05) is 24.0 Å². The Morgan fingerprint density at radius 1 is 1.35 bits per heavy atom. The Labute approximate surface area is 111 Å². The maximum atomic E-state index is 13.7. The zero-order chi connectivity index (χ0) is 12.3. The zero-order valence-electron chi connectivity index (χ0n) is 9.56. The Kier molecular flexibility index (Phi) is 4.66. The van der Waals surface area contributed by atoms with Gasteiger partial charge in [-0.1, -0.05) is 30.2 Å². The van der Waals surface area contributed by atoms with Crippen LogP contribution in [0.15, 0.2) is 18.2 Å². The fraction of sp³-hybridized carbons (Fsp3) is 0.538. The van der Waals surface area contributed by atoms with Crippen LogP contribution in [0, 0.1) is 11.7 Å². The molecular weight excluding hydrogens is 260 g/mol. The highest BCUT2D eigenvalue weighted by Gasteiger charge is 2.26. The van der Waals surface area contributed by atoms with E-state index in [4.69, 9.17) is 23.2 Å². The third kappa shape index (κ3) is 3.12. The molecule has 94 valence electrons. The first-order chi connectivity index (χ1) is 8.22. The van der Waals surface area contributed by atoms with Crippen molar-refractivity contribution in [2.45, 2.75) is 31.8 Å². The Bertz CT molecular complexity index is 384. The quantitative estimate of drug-likeness (QED) is 0.820. The molecule has 0 radical (unpaired) electrons. The van der Waals surface area contributed by atoms with E-state index in [1.807, 2.05) is 0 Å². The average Bonchev–Trinajstić information content (AvgIpc) is 2.78. The standard InChI is InChI=1S/C13H16Cl2FN/c14-7-9-3-2-6-12(9)17-8-10-4-1-5-11(15)13(10)16/h1,4-5,9,12,17H,2-3,6-8H2. The number of hydrogen-bond acceptors (Lipinski definition) is 1. The number of nitrogens with one attached hydrogen (secondary N) is 1. The van der Waals surface area contributed by atoms with Crippen LogP contribution >= 0.6 is 23.2 Å². The van der Waals surface area contributed by atoms with Gasteiger partial charge in [0.1, 0.15) is 5.82 Å². The first-order valence-corrected chi connectivity index (χ1v) is 6.86. The Hall–Kier alpha value is -0.310. The molecule has 2 atom stereocenters. The lowest BCUT2D eigenvalue weighted by atomic mass is 10.1. The molecule has 0 saturated heterocycles. The molecule has 1 N–H and O–H groups in total. The van der Waals surface area contributed by atoms with E-state index < -0.39 is 0 Å². The molecule has 0 heterocycles. The van der Waals surface area contributed by atoms with Crippen molar-refractivity contribution in [1.29, 1.82) is 0 Å². The van der Waals surface area contributed by atoms with Crippen molar-refractivity contribution in [3.63, 3.8) is 0 Å². The van der Waals surface area contributed by atoms with Gasteiger partial charge in [-0.25, -0.2) is 4.39 Å². The molecule has 0 aliphatic heterocycles. The van der Waals surface area contributed by atoms with Gasteiger partial charge in [-0.05, 0) is 24.8 Å². The summed E-state index contributed by atoms with van der Waals surface area (Å²) in [5.41, 5.74) is 0.623. The van der Waals surface area contributed by atoms with Crippen molar-refractivity contribution in [2.75, 3.05) is 5.88 Å². The van der Waals surface area contributed by atoms with E-state index in [0.717, 1.165) is 6.42 Å². The van der Waals surface area contributed by atoms with Gasteiger partial charge in [0.25, 0.3) is 0 Å². The monoisotopic (exact) mass is 275 g/mol. The lowest BCUT2D eigenvalue weighted by Gasteiger charge is -2.19. The minimum Gasteiger partial charge on any atom is -0.309 e. The lowest BCUT2D eigenvalue weighted by Crippen LogP contribution is -2.32. The first kappa shape index (κ1) is 13.1. The van der Waals surface area contributed by atoms with Crippen LogP contribution in [-0.4, -0.2) is 11.9 Å². The summed E-state index contributed by atoms with van der Waals surface area (Å²) in [6.07, 6.45) is 3.49. The molecule has 2 unspecified atom stereocenters. The Morgan fingerprint density at radius 2 is 2.18 bits per heavy atom. The van der Waals surface area contributed by atoms with Crippen LogP contribution in [0.5, 0.6) is 0 Å². The molecule has 1 nitrogen and oxygen atoms in total. The van der Waals surface area contributed by atoms with Crippen LogP contribution in [0.3, 0.4) is 0 Å². The van der Waals surface area contributed by atoms with Gasteiger partial charge in [0.2, 0.25) is 0 Å². The summed E-state index contributed by atoms with van der Waals surface area (Å²) in [5.74, 6) is 0.872. The fourth-order valence-electron chi connectivity index (χ4n) is 2.42. The highest BCUT2D eigenvalue weighted by atomic mass is 35.5. The van der Waals surface area contributed by atoms with Crippen LogP contribution in [0.2, 0.25) is 5.02 Å². The summed E-state index contributed by atoms with van der Waals surface area (Å²) in [6.45, 7) is 0.518. The van der Waals surface area contributed by atoms with Crippen molar-refractivity contribution < 1.29 is 4.39 Å². The predicted molar refractivity (Wildman–Crippen MR) is 70.1 cm³/mol. The van der Waals surface area contributed by atoms with E-state index in [0.29, 0.717) is 29.9 Å². The molecule has 4 heteroatoms. The number of alkyl halides is 1. The van der Waals surface area contributed by atoms with E-state index in [9.17, 15) is 4.39 Å². The lowest BCUT2D eigenvalue weighted by molar-refractivity contribution is 0.425. The van der Waals surface area contributed by atoms with Gasteiger partial charge < -0.3 is 5.32 Å². The van der Waals surface area contributed by atoms with Gasteiger partial charge >= 0.3 is 0 Å². The molecule has 1 fully saturated rings. The fourth-order valence-corrected chi connectivity index (χ4v) is 2.98. The van der Waals surface area contributed by atoms with Crippen molar-refractivity contribution in [2.24, 2.45) is 5.92 Å². The minimum atomic E-state index is -0.318. The second-order valence-electron chi connectivity index (χ2n) is 4.55. The van der Waals surface area contributed by atoms with Gasteiger partial charge in [0.05, 0.1) is 5.02 Å². The minimum absolute atomic E-state index is 0.185. The summed E-state index contributed by atoms with van der Waals surface area (Å²) in [5, 5.41) is 3.57. The number of hydrogen-bond donors (Lipinski definition) is 1. The number of rotatable bonds is 4. The summed E-state index contributed by atoms with van der Waals surface area (Å²) in [4.78, 5) is 0. The van der Waals surface area contributed by atoms with Crippen LogP contribution < -0.4 is 5.32 Å². The van der Waals surface area contributed by atoms with E-state index in [2.05, 4.69) is 5.32 Å². The van der Waals surface area contributed by atoms with Crippen molar-refractivity contribution in [3.8, 4) is 0 Å².